The smallest absolute Gasteiger partial charge is 0.265 e. The molecule has 0 unspecified atom stereocenters. The van der Waals surface area contributed by atoms with Gasteiger partial charge in [0, 0.05) is 37.4 Å². The van der Waals surface area contributed by atoms with Gasteiger partial charge >= 0.3 is 0 Å². The topological polar surface area (TPSA) is 51.0 Å². The number of rotatable bonds is 2. The molecule has 0 bridgehead atoms. The Labute approximate surface area is 140 Å². The second-order valence-electron chi connectivity index (χ2n) is 6.57. The van der Waals surface area contributed by atoms with Crippen molar-refractivity contribution in [3.05, 3.63) is 33.8 Å². The molecule has 0 aliphatic carbocycles. The van der Waals surface area contributed by atoms with E-state index in [0.717, 1.165) is 49.5 Å². The summed E-state index contributed by atoms with van der Waals surface area (Å²) in [4.78, 5) is 24.5. The van der Waals surface area contributed by atoms with Gasteiger partial charge < -0.3 is 9.47 Å². The molecule has 0 N–H and O–H groups in total. The second kappa shape index (κ2) is 6.07. The predicted octanol–water partition coefficient (Wildman–Crippen LogP) is 3.00. The van der Waals surface area contributed by atoms with Crippen LogP contribution < -0.4 is 0 Å². The second-order valence-corrected chi connectivity index (χ2v) is 7.43. The van der Waals surface area contributed by atoms with Crippen molar-refractivity contribution in [3.8, 4) is 0 Å². The first kappa shape index (κ1) is 14.9. The summed E-state index contributed by atoms with van der Waals surface area (Å²) in [7, 11) is 0. The Morgan fingerprint density at radius 2 is 2.17 bits per heavy atom. The summed E-state index contributed by atoms with van der Waals surface area (Å²) >= 11 is 1.45. The number of aryl methyl sites for hydroxylation is 2. The molecular formula is C17H22N4OS. The molecule has 1 saturated heterocycles. The molecule has 1 amide bonds. The molecule has 0 radical (unpaired) electrons. The third-order valence-electron chi connectivity index (χ3n) is 5.05. The number of piperidine rings is 1. The average Bonchev–Trinajstić information content (AvgIpc) is 3.20. The Morgan fingerprint density at radius 1 is 1.26 bits per heavy atom. The van der Waals surface area contributed by atoms with Crippen molar-refractivity contribution in [2.75, 3.05) is 13.1 Å². The van der Waals surface area contributed by atoms with Gasteiger partial charge in [-0.2, -0.15) is 0 Å². The van der Waals surface area contributed by atoms with Gasteiger partial charge in [0.25, 0.3) is 5.91 Å². The fourth-order valence-corrected chi connectivity index (χ4v) is 4.58. The summed E-state index contributed by atoms with van der Waals surface area (Å²) in [6.45, 7) is 4.63. The lowest BCUT2D eigenvalue weighted by Gasteiger charge is -2.33. The molecule has 122 valence electrons. The molecule has 0 spiro atoms. The van der Waals surface area contributed by atoms with Crippen LogP contribution in [0.15, 0.2) is 11.7 Å². The van der Waals surface area contributed by atoms with Crippen LogP contribution in [0.1, 0.15) is 58.5 Å². The van der Waals surface area contributed by atoms with Gasteiger partial charge in [-0.25, -0.2) is 9.97 Å². The molecule has 2 aromatic heterocycles. The van der Waals surface area contributed by atoms with Crippen LogP contribution >= 0.6 is 11.3 Å². The van der Waals surface area contributed by atoms with Gasteiger partial charge in [-0.05, 0) is 39.0 Å². The summed E-state index contributed by atoms with van der Waals surface area (Å²) in [5, 5.41) is 0. The molecule has 0 saturated carbocycles. The van der Waals surface area contributed by atoms with Crippen LogP contribution in [-0.4, -0.2) is 38.4 Å². The monoisotopic (exact) mass is 330 g/mol. The van der Waals surface area contributed by atoms with Gasteiger partial charge in [-0.15, -0.1) is 11.3 Å². The van der Waals surface area contributed by atoms with E-state index in [9.17, 15) is 4.79 Å². The number of carbonyl (C=O) groups excluding carboxylic acids is 1. The standard InChI is InChI=1S/C17H22N4OS/c1-12-15(23-11-19-12)17(22)20-7-4-5-13(10-20)16-18-9-14-6-2-3-8-21(14)16/h9,11,13H,2-8,10H2,1H3/t13-/m0/s1. The Bertz CT molecular complexity index is 720. The van der Waals surface area contributed by atoms with E-state index < -0.39 is 0 Å². The number of hydrogen-bond acceptors (Lipinski definition) is 4. The molecule has 4 heterocycles. The van der Waals surface area contributed by atoms with Gasteiger partial charge in [0.2, 0.25) is 0 Å². The normalized spacial score (nSPS) is 21.3. The number of nitrogens with zero attached hydrogens (tertiary/aromatic N) is 4. The van der Waals surface area contributed by atoms with Crippen molar-refractivity contribution in [2.24, 2.45) is 0 Å². The Morgan fingerprint density at radius 3 is 3.00 bits per heavy atom. The van der Waals surface area contributed by atoms with Crippen molar-refractivity contribution in [1.29, 1.82) is 0 Å². The van der Waals surface area contributed by atoms with E-state index in [0.29, 0.717) is 5.92 Å². The quantitative estimate of drug-likeness (QED) is 0.850. The van der Waals surface area contributed by atoms with Crippen LogP contribution in [0.5, 0.6) is 0 Å². The Balaban J connectivity index is 1.54. The highest BCUT2D eigenvalue weighted by atomic mass is 32.1. The number of carbonyl (C=O) groups is 1. The van der Waals surface area contributed by atoms with E-state index in [1.54, 1.807) is 5.51 Å². The number of aromatic nitrogens is 3. The Kier molecular flexibility index (Phi) is 3.93. The zero-order chi connectivity index (χ0) is 15.8. The molecule has 5 nitrogen and oxygen atoms in total. The number of likely N-dealkylation sites (tertiary alicyclic amines) is 1. The summed E-state index contributed by atoms with van der Waals surface area (Å²) in [6, 6.07) is 0. The number of fused-ring (bicyclic) bond motifs is 1. The van der Waals surface area contributed by atoms with Crippen molar-refractivity contribution in [3.63, 3.8) is 0 Å². The first-order valence-corrected chi connectivity index (χ1v) is 9.35. The summed E-state index contributed by atoms with van der Waals surface area (Å²) in [5.41, 5.74) is 3.97. The van der Waals surface area contributed by atoms with Gasteiger partial charge in [0.15, 0.2) is 0 Å². The van der Waals surface area contributed by atoms with Crippen LogP contribution in [0.4, 0.5) is 0 Å². The fraction of sp³-hybridized carbons (Fsp3) is 0.588. The van der Waals surface area contributed by atoms with Gasteiger partial charge in [0.1, 0.15) is 10.7 Å². The third-order valence-corrected chi connectivity index (χ3v) is 5.96. The number of thiazole rings is 1. The van der Waals surface area contributed by atoms with E-state index in [-0.39, 0.29) is 5.91 Å². The molecule has 23 heavy (non-hydrogen) atoms. The highest BCUT2D eigenvalue weighted by Gasteiger charge is 2.30. The van der Waals surface area contributed by atoms with Gasteiger partial charge in [-0.1, -0.05) is 0 Å². The summed E-state index contributed by atoms with van der Waals surface area (Å²) in [6.07, 6.45) is 7.88. The molecule has 1 fully saturated rings. The minimum atomic E-state index is 0.139. The maximum absolute atomic E-state index is 12.8. The van der Waals surface area contributed by atoms with Crippen molar-refractivity contribution in [1.82, 2.24) is 19.4 Å². The van der Waals surface area contributed by atoms with E-state index >= 15 is 0 Å². The maximum Gasteiger partial charge on any atom is 0.265 e. The Hall–Kier alpha value is -1.69. The molecular weight excluding hydrogens is 308 g/mol. The zero-order valence-corrected chi connectivity index (χ0v) is 14.3. The molecule has 6 heteroatoms. The first-order valence-electron chi connectivity index (χ1n) is 8.47. The number of amides is 1. The highest BCUT2D eigenvalue weighted by Crippen LogP contribution is 2.30. The summed E-state index contributed by atoms with van der Waals surface area (Å²) < 4.78 is 2.40. The van der Waals surface area contributed by atoms with E-state index in [2.05, 4.69) is 9.55 Å². The van der Waals surface area contributed by atoms with E-state index in [1.165, 1.54) is 35.7 Å². The van der Waals surface area contributed by atoms with Crippen molar-refractivity contribution in [2.45, 2.75) is 51.5 Å². The average molecular weight is 330 g/mol. The van der Waals surface area contributed by atoms with E-state index in [1.807, 2.05) is 18.0 Å². The largest absolute Gasteiger partial charge is 0.337 e. The van der Waals surface area contributed by atoms with Gasteiger partial charge in [-0.3, -0.25) is 4.79 Å². The van der Waals surface area contributed by atoms with E-state index in [4.69, 9.17) is 4.98 Å². The fourth-order valence-electron chi connectivity index (χ4n) is 3.81. The van der Waals surface area contributed by atoms with Crippen LogP contribution in [-0.2, 0) is 13.0 Å². The molecule has 2 aliphatic heterocycles. The lowest BCUT2D eigenvalue weighted by molar-refractivity contribution is 0.0707. The molecule has 1 atom stereocenters. The molecule has 0 aromatic carbocycles. The van der Waals surface area contributed by atoms with Gasteiger partial charge in [0.05, 0.1) is 11.2 Å². The van der Waals surface area contributed by atoms with Crippen LogP contribution in [0, 0.1) is 6.92 Å². The predicted molar refractivity (Wildman–Crippen MR) is 89.9 cm³/mol. The SMILES string of the molecule is Cc1ncsc1C(=O)N1CCC[C@H](c2ncc3n2CCCC3)C1. The first-order chi connectivity index (χ1) is 11.2. The minimum Gasteiger partial charge on any atom is -0.337 e. The van der Waals surface area contributed by atoms with Crippen molar-refractivity contribution < 1.29 is 4.79 Å². The van der Waals surface area contributed by atoms with Crippen molar-refractivity contribution >= 4 is 17.2 Å². The number of hydrogen-bond donors (Lipinski definition) is 0. The highest BCUT2D eigenvalue weighted by molar-refractivity contribution is 7.11. The molecule has 2 aliphatic rings. The maximum atomic E-state index is 12.8. The molecule has 2 aromatic rings. The zero-order valence-electron chi connectivity index (χ0n) is 13.5. The van der Waals surface area contributed by atoms with Crippen LogP contribution in [0.3, 0.4) is 0 Å². The lowest BCUT2D eigenvalue weighted by atomic mass is 9.96. The third kappa shape index (κ3) is 2.69. The van der Waals surface area contributed by atoms with Crippen LogP contribution in [0.25, 0.3) is 0 Å². The minimum absolute atomic E-state index is 0.139. The molecule has 4 rings (SSSR count). The summed E-state index contributed by atoms with van der Waals surface area (Å²) in [5.74, 6) is 1.70. The van der Waals surface area contributed by atoms with Crippen LogP contribution in [0.2, 0.25) is 0 Å². The number of imidazole rings is 1. The lowest BCUT2D eigenvalue weighted by Crippen LogP contribution is -2.39.